The van der Waals surface area contributed by atoms with Gasteiger partial charge in [0.1, 0.15) is 7.14 Å². The van der Waals surface area contributed by atoms with E-state index in [1.54, 1.807) is 0 Å². The van der Waals surface area contributed by atoms with Crippen molar-refractivity contribution in [1.29, 1.82) is 0 Å². The minimum absolute atomic E-state index is 0.572. The van der Waals surface area contributed by atoms with Gasteiger partial charge in [0.05, 0.1) is 5.69 Å². The van der Waals surface area contributed by atoms with E-state index in [1.807, 2.05) is 79.2 Å². The van der Waals surface area contributed by atoms with Gasteiger partial charge in [0.15, 0.2) is 0 Å². The molecule has 3 nitrogen and oxygen atoms in total. The van der Waals surface area contributed by atoms with Crippen LogP contribution in [0.15, 0.2) is 66.7 Å². The second-order valence-corrected chi connectivity index (χ2v) is 8.74. The van der Waals surface area contributed by atoms with Crippen LogP contribution in [0.2, 0.25) is 0 Å². The number of aromatic nitrogens is 2. The maximum Gasteiger partial charge on any atom is 0.145 e. The monoisotopic (exact) mass is 324 g/mol. The Balaban J connectivity index is 1.96. The summed E-state index contributed by atoms with van der Waals surface area (Å²) in [5.41, 5.74) is 2.10. The highest BCUT2D eigenvalue weighted by molar-refractivity contribution is 7.78. The first-order valence-corrected chi connectivity index (χ1v) is 9.70. The van der Waals surface area contributed by atoms with Gasteiger partial charge in [-0.05, 0) is 19.9 Å². The van der Waals surface area contributed by atoms with E-state index in [4.69, 9.17) is 0 Å². The van der Waals surface area contributed by atoms with Crippen LogP contribution in [0.3, 0.4) is 0 Å². The summed E-state index contributed by atoms with van der Waals surface area (Å²) in [6.07, 6.45) is 0.572. The first-order valence-electron chi connectivity index (χ1n) is 7.81. The molecular weight excluding hydrogens is 303 g/mol. The highest BCUT2D eigenvalue weighted by atomic mass is 31.2. The molecule has 0 aliphatic rings. The Hall–Kier alpha value is -2.12. The van der Waals surface area contributed by atoms with Crippen LogP contribution < -0.4 is 10.6 Å². The third-order valence-electron chi connectivity index (χ3n) is 4.08. The van der Waals surface area contributed by atoms with E-state index in [-0.39, 0.29) is 0 Å². The molecule has 0 amide bonds. The third kappa shape index (κ3) is 3.30. The van der Waals surface area contributed by atoms with Crippen molar-refractivity contribution < 1.29 is 4.57 Å². The summed E-state index contributed by atoms with van der Waals surface area (Å²) >= 11 is 0. The molecule has 0 unspecified atom stereocenters. The predicted molar refractivity (Wildman–Crippen MR) is 96.3 cm³/mol. The SMILES string of the molecule is Cc1cc(C)n(CCP(=O)(c2ccccc2)c2ccccc2)n1. The molecule has 2 aromatic carbocycles. The Kier molecular flexibility index (Phi) is 4.49. The molecule has 1 heterocycles. The first kappa shape index (κ1) is 15.8. The second-order valence-electron chi connectivity index (χ2n) is 5.78. The first-order chi connectivity index (χ1) is 11.1. The van der Waals surface area contributed by atoms with Crippen molar-refractivity contribution in [3.8, 4) is 0 Å². The normalized spacial score (nSPS) is 11.6. The zero-order valence-electron chi connectivity index (χ0n) is 13.5. The van der Waals surface area contributed by atoms with Gasteiger partial charge in [0.2, 0.25) is 0 Å². The predicted octanol–water partition coefficient (Wildman–Crippen LogP) is 3.51. The molecule has 118 valence electrons. The summed E-state index contributed by atoms with van der Waals surface area (Å²) in [5.74, 6) is 0. The quantitative estimate of drug-likeness (QED) is 0.673. The molecule has 4 heteroatoms. The number of benzene rings is 2. The van der Waals surface area contributed by atoms with Crippen LogP contribution in [0.5, 0.6) is 0 Å². The fourth-order valence-corrected chi connectivity index (χ4v) is 5.47. The van der Waals surface area contributed by atoms with Crippen LogP contribution in [0.4, 0.5) is 0 Å². The zero-order valence-corrected chi connectivity index (χ0v) is 14.4. The van der Waals surface area contributed by atoms with E-state index in [0.717, 1.165) is 22.0 Å². The topological polar surface area (TPSA) is 34.9 Å². The van der Waals surface area contributed by atoms with Gasteiger partial charge < -0.3 is 4.57 Å². The van der Waals surface area contributed by atoms with Crippen molar-refractivity contribution in [1.82, 2.24) is 9.78 Å². The van der Waals surface area contributed by atoms with E-state index in [1.165, 1.54) is 0 Å². The lowest BCUT2D eigenvalue weighted by Gasteiger charge is -2.19. The Morgan fingerprint density at radius 3 is 1.87 bits per heavy atom. The van der Waals surface area contributed by atoms with Gasteiger partial charge in [-0.3, -0.25) is 4.68 Å². The molecule has 0 N–H and O–H groups in total. The lowest BCUT2D eigenvalue weighted by atomic mass is 10.4. The van der Waals surface area contributed by atoms with Gasteiger partial charge in [0.25, 0.3) is 0 Å². The van der Waals surface area contributed by atoms with E-state index >= 15 is 0 Å². The van der Waals surface area contributed by atoms with Gasteiger partial charge in [-0.2, -0.15) is 5.10 Å². The van der Waals surface area contributed by atoms with Crippen molar-refractivity contribution in [2.24, 2.45) is 0 Å². The van der Waals surface area contributed by atoms with Crippen LogP contribution in [-0.4, -0.2) is 15.9 Å². The summed E-state index contributed by atoms with van der Waals surface area (Å²) in [4.78, 5) is 0. The smallest absolute Gasteiger partial charge is 0.145 e. The van der Waals surface area contributed by atoms with Gasteiger partial charge >= 0.3 is 0 Å². The molecule has 0 bridgehead atoms. The molecule has 0 aliphatic carbocycles. The zero-order chi connectivity index (χ0) is 16.3. The minimum Gasteiger partial charge on any atom is -0.314 e. The van der Waals surface area contributed by atoms with Gasteiger partial charge in [-0.25, -0.2) is 0 Å². The molecule has 0 saturated heterocycles. The maximum atomic E-state index is 13.9. The summed E-state index contributed by atoms with van der Waals surface area (Å²) in [7, 11) is -2.66. The molecule has 1 aromatic heterocycles. The summed E-state index contributed by atoms with van der Waals surface area (Å²) < 4.78 is 15.8. The van der Waals surface area contributed by atoms with Crippen LogP contribution >= 0.6 is 7.14 Å². The average Bonchev–Trinajstić information content (AvgIpc) is 2.92. The number of aryl methyl sites for hydroxylation is 3. The van der Waals surface area contributed by atoms with Crippen LogP contribution in [0, 0.1) is 13.8 Å². The number of nitrogens with zero attached hydrogens (tertiary/aromatic N) is 2. The fraction of sp³-hybridized carbons (Fsp3) is 0.211. The average molecular weight is 324 g/mol. The van der Waals surface area contributed by atoms with Gasteiger partial charge in [-0.15, -0.1) is 0 Å². The van der Waals surface area contributed by atoms with E-state index in [2.05, 4.69) is 11.2 Å². The van der Waals surface area contributed by atoms with E-state index < -0.39 is 7.14 Å². The van der Waals surface area contributed by atoms with E-state index in [9.17, 15) is 4.57 Å². The highest BCUT2D eigenvalue weighted by Gasteiger charge is 2.27. The largest absolute Gasteiger partial charge is 0.314 e. The molecule has 0 spiro atoms. The van der Waals surface area contributed by atoms with Crippen molar-refractivity contribution >= 4 is 17.8 Å². The maximum absolute atomic E-state index is 13.9. The molecule has 3 aromatic rings. The lowest BCUT2D eigenvalue weighted by molar-refractivity contribution is 0.575. The molecule has 0 radical (unpaired) electrons. The molecule has 23 heavy (non-hydrogen) atoms. The Labute approximate surface area is 137 Å². The highest BCUT2D eigenvalue weighted by Crippen LogP contribution is 2.43. The Morgan fingerprint density at radius 1 is 0.913 bits per heavy atom. The van der Waals surface area contributed by atoms with Crippen molar-refractivity contribution in [3.63, 3.8) is 0 Å². The molecular formula is C19H21N2OP. The number of hydrogen-bond acceptors (Lipinski definition) is 2. The fourth-order valence-electron chi connectivity index (χ4n) is 2.88. The summed E-state index contributed by atoms with van der Waals surface area (Å²) in [6.45, 7) is 4.67. The molecule has 0 atom stereocenters. The van der Waals surface area contributed by atoms with Crippen molar-refractivity contribution in [2.45, 2.75) is 20.4 Å². The number of rotatable bonds is 5. The number of hydrogen-bond donors (Lipinski definition) is 0. The Morgan fingerprint density at radius 2 is 1.43 bits per heavy atom. The van der Waals surface area contributed by atoms with E-state index in [0.29, 0.717) is 12.7 Å². The minimum atomic E-state index is -2.66. The summed E-state index contributed by atoms with van der Waals surface area (Å²) in [5, 5.41) is 6.32. The molecule has 0 fully saturated rings. The van der Waals surface area contributed by atoms with Crippen LogP contribution in [0.25, 0.3) is 0 Å². The molecule has 3 rings (SSSR count). The standard InChI is InChI=1S/C19H21N2OP/c1-16-15-17(2)21(20-16)13-14-23(22,18-9-5-3-6-10-18)19-11-7-4-8-12-19/h3-12,15H,13-14H2,1-2H3. The molecule has 0 saturated carbocycles. The van der Waals surface area contributed by atoms with Crippen LogP contribution in [0.1, 0.15) is 11.4 Å². The molecule has 0 aliphatic heterocycles. The summed E-state index contributed by atoms with van der Waals surface area (Å²) in [6, 6.07) is 21.6. The van der Waals surface area contributed by atoms with Gasteiger partial charge in [0, 0.05) is 29.0 Å². The Bertz CT molecular complexity index is 782. The second kappa shape index (κ2) is 6.55. The van der Waals surface area contributed by atoms with Gasteiger partial charge in [-0.1, -0.05) is 60.7 Å². The third-order valence-corrected chi connectivity index (χ3v) is 7.17. The van der Waals surface area contributed by atoms with Crippen molar-refractivity contribution in [3.05, 3.63) is 78.1 Å². The van der Waals surface area contributed by atoms with Crippen molar-refractivity contribution in [2.75, 3.05) is 6.16 Å². The lowest BCUT2D eigenvalue weighted by Crippen LogP contribution is -2.21. The van der Waals surface area contributed by atoms with Crippen LogP contribution in [-0.2, 0) is 11.1 Å².